The molecule has 0 saturated carbocycles. The first-order valence-electron chi connectivity index (χ1n) is 7.49. The summed E-state index contributed by atoms with van der Waals surface area (Å²) >= 11 is 8.55. The van der Waals surface area contributed by atoms with Gasteiger partial charge in [0.2, 0.25) is 0 Å². The van der Waals surface area contributed by atoms with E-state index in [1.807, 2.05) is 12.1 Å². The van der Waals surface area contributed by atoms with Gasteiger partial charge in [0.15, 0.2) is 5.75 Å². The first kappa shape index (κ1) is 22.7. The van der Waals surface area contributed by atoms with Crippen molar-refractivity contribution in [1.82, 2.24) is 0 Å². The zero-order valence-corrected chi connectivity index (χ0v) is 22.2. The van der Waals surface area contributed by atoms with Crippen LogP contribution in [-0.4, -0.2) is 23.7 Å². The summed E-state index contributed by atoms with van der Waals surface area (Å²) in [5.74, 6) is 1.25. The lowest BCUT2D eigenvalue weighted by Crippen LogP contribution is -2.34. The third-order valence-corrected chi connectivity index (χ3v) is 6.56. The molecular formula is C17H15I4NO4. The number of halogens is 4. The standard InChI is InChI=1S/C17H15I4NO4/c1-2-25-17(24)14(22)5-8-3-12(20)16(13(21)4-8)26-9-6-10(18)15(23)11(19)7-9/h3-4,6-7,14,23H,2,5,22H2,1H3. The fraction of sp³-hybridized carbons (Fsp3) is 0.235. The van der Waals surface area contributed by atoms with Crippen molar-refractivity contribution in [3.8, 4) is 17.2 Å². The highest BCUT2D eigenvalue weighted by atomic mass is 127. The minimum atomic E-state index is -0.687. The normalized spacial score (nSPS) is 11.9. The van der Waals surface area contributed by atoms with Gasteiger partial charge in [-0.05, 0) is 134 Å². The molecule has 0 aliphatic rings. The van der Waals surface area contributed by atoms with Crippen molar-refractivity contribution < 1.29 is 19.4 Å². The van der Waals surface area contributed by atoms with Crippen LogP contribution in [0.4, 0.5) is 0 Å². The molecule has 140 valence electrons. The van der Waals surface area contributed by atoms with Crippen molar-refractivity contribution in [2.75, 3.05) is 6.61 Å². The maximum absolute atomic E-state index is 11.7. The fourth-order valence-electron chi connectivity index (χ4n) is 2.13. The molecule has 1 unspecified atom stereocenters. The summed E-state index contributed by atoms with van der Waals surface area (Å²) in [6.07, 6.45) is 0.403. The molecule has 2 aromatic carbocycles. The molecule has 0 spiro atoms. The van der Waals surface area contributed by atoms with E-state index in [0.29, 0.717) is 18.8 Å². The molecule has 0 aliphatic heterocycles. The Morgan fingerprint density at radius 3 is 2.12 bits per heavy atom. The molecule has 2 rings (SSSR count). The second kappa shape index (κ2) is 10.2. The van der Waals surface area contributed by atoms with Crippen LogP contribution in [0.1, 0.15) is 12.5 Å². The zero-order chi connectivity index (χ0) is 19.4. The maximum Gasteiger partial charge on any atom is 0.323 e. The van der Waals surface area contributed by atoms with Gasteiger partial charge in [0, 0.05) is 0 Å². The van der Waals surface area contributed by atoms with Crippen LogP contribution in [-0.2, 0) is 16.0 Å². The summed E-state index contributed by atoms with van der Waals surface area (Å²) in [5, 5.41) is 9.89. The van der Waals surface area contributed by atoms with Crippen LogP contribution >= 0.6 is 90.4 Å². The predicted octanol–water partition coefficient (Wildman–Crippen LogP) is 5.04. The molecular weight excluding hydrogens is 790 g/mol. The summed E-state index contributed by atoms with van der Waals surface area (Å²) < 4.78 is 14.3. The number of phenolic OH excluding ortho intramolecular Hbond substituents is 1. The first-order valence-corrected chi connectivity index (χ1v) is 11.8. The molecule has 2 aromatic rings. The van der Waals surface area contributed by atoms with Crippen LogP contribution in [0.3, 0.4) is 0 Å². The number of esters is 1. The van der Waals surface area contributed by atoms with Crippen LogP contribution in [0.15, 0.2) is 24.3 Å². The number of carbonyl (C=O) groups is 1. The Labute approximate surface area is 206 Å². The van der Waals surface area contributed by atoms with E-state index in [1.165, 1.54) is 0 Å². The first-order chi connectivity index (χ1) is 12.2. The van der Waals surface area contributed by atoms with Crippen molar-refractivity contribution >= 4 is 96.3 Å². The van der Waals surface area contributed by atoms with E-state index < -0.39 is 12.0 Å². The van der Waals surface area contributed by atoms with Crippen molar-refractivity contribution in [2.45, 2.75) is 19.4 Å². The summed E-state index contributed by atoms with van der Waals surface area (Å²) in [7, 11) is 0. The number of ether oxygens (including phenoxy) is 2. The summed E-state index contributed by atoms with van der Waals surface area (Å²) in [6, 6.07) is 6.79. The van der Waals surface area contributed by atoms with Crippen LogP contribution in [0.2, 0.25) is 0 Å². The predicted molar refractivity (Wildman–Crippen MR) is 134 cm³/mol. The van der Waals surface area contributed by atoms with Gasteiger partial charge in [-0.3, -0.25) is 4.79 Å². The Morgan fingerprint density at radius 2 is 1.62 bits per heavy atom. The van der Waals surface area contributed by atoms with Gasteiger partial charge in [0.25, 0.3) is 0 Å². The second-order valence-corrected chi connectivity index (χ2v) is 9.94. The van der Waals surface area contributed by atoms with Gasteiger partial charge in [-0.25, -0.2) is 0 Å². The maximum atomic E-state index is 11.7. The van der Waals surface area contributed by atoms with E-state index in [-0.39, 0.29) is 5.75 Å². The molecule has 0 aromatic heterocycles. The van der Waals surface area contributed by atoms with Gasteiger partial charge in [0.05, 0.1) is 20.9 Å². The monoisotopic (exact) mass is 805 g/mol. The number of hydrogen-bond acceptors (Lipinski definition) is 5. The average Bonchev–Trinajstić information content (AvgIpc) is 2.56. The van der Waals surface area contributed by atoms with E-state index in [4.69, 9.17) is 15.2 Å². The minimum Gasteiger partial charge on any atom is -0.506 e. The molecule has 0 fully saturated rings. The Bertz CT molecular complexity index is 782. The van der Waals surface area contributed by atoms with Crippen molar-refractivity contribution in [3.05, 3.63) is 44.1 Å². The van der Waals surface area contributed by atoms with E-state index in [2.05, 4.69) is 90.4 Å². The lowest BCUT2D eigenvalue weighted by molar-refractivity contribution is -0.144. The number of benzene rings is 2. The molecule has 26 heavy (non-hydrogen) atoms. The lowest BCUT2D eigenvalue weighted by Gasteiger charge is -2.15. The van der Waals surface area contributed by atoms with Crippen LogP contribution in [0.25, 0.3) is 0 Å². The SMILES string of the molecule is CCOC(=O)C(N)Cc1cc(I)c(Oc2cc(I)c(O)c(I)c2)c(I)c1. The quantitative estimate of drug-likeness (QED) is 0.317. The Hall–Kier alpha value is 0.390. The molecule has 0 aliphatic carbocycles. The highest BCUT2D eigenvalue weighted by Crippen LogP contribution is 2.36. The highest BCUT2D eigenvalue weighted by Gasteiger charge is 2.18. The van der Waals surface area contributed by atoms with Gasteiger partial charge < -0.3 is 20.3 Å². The largest absolute Gasteiger partial charge is 0.506 e. The summed E-state index contributed by atoms with van der Waals surface area (Å²) in [5.41, 5.74) is 6.85. The van der Waals surface area contributed by atoms with Crippen molar-refractivity contribution in [2.24, 2.45) is 5.73 Å². The third kappa shape index (κ3) is 5.94. The number of aromatic hydroxyl groups is 1. The van der Waals surface area contributed by atoms with Gasteiger partial charge >= 0.3 is 5.97 Å². The van der Waals surface area contributed by atoms with Gasteiger partial charge in [-0.1, -0.05) is 0 Å². The third-order valence-electron chi connectivity index (χ3n) is 3.31. The fourth-order valence-corrected chi connectivity index (χ4v) is 5.96. The van der Waals surface area contributed by atoms with Crippen LogP contribution < -0.4 is 10.5 Å². The lowest BCUT2D eigenvalue weighted by atomic mass is 10.1. The zero-order valence-electron chi connectivity index (χ0n) is 13.6. The van der Waals surface area contributed by atoms with E-state index in [1.54, 1.807) is 19.1 Å². The van der Waals surface area contributed by atoms with Crippen molar-refractivity contribution in [3.63, 3.8) is 0 Å². The Kier molecular flexibility index (Phi) is 8.94. The summed E-state index contributed by atoms with van der Waals surface area (Å²) in [4.78, 5) is 11.7. The molecule has 0 bridgehead atoms. The van der Waals surface area contributed by atoms with Crippen molar-refractivity contribution in [1.29, 1.82) is 0 Å². The average molecular weight is 805 g/mol. The number of hydrogen-bond donors (Lipinski definition) is 2. The van der Waals surface area contributed by atoms with E-state index >= 15 is 0 Å². The highest BCUT2D eigenvalue weighted by molar-refractivity contribution is 14.1. The molecule has 0 amide bonds. The number of carbonyl (C=O) groups excluding carboxylic acids is 1. The summed E-state index contributed by atoms with van der Waals surface area (Å²) in [6.45, 7) is 2.08. The second-order valence-electron chi connectivity index (χ2n) is 5.29. The van der Waals surface area contributed by atoms with Gasteiger partial charge in [-0.15, -0.1) is 0 Å². The molecule has 0 radical (unpaired) electrons. The van der Waals surface area contributed by atoms with E-state index in [9.17, 15) is 9.90 Å². The van der Waals surface area contributed by atoms with Gasteiger partial charge in [-0.2, -0.15) is 0 Å². The van der Waals surface area contributed by atoms with Crippen LogP contribution in [0, 0.1) is 14.3 Å². The molecule has 0 heterocycles. The van der Waals surface area contributed by atoms with Crippen LogP contribution in [0.5, 0.6) is 17.2 Å². The molecule has 1 atom stereocenters. The minimum absolute atomic E-state index is 0.256. The molecule has 9 heteroatoms. The Morgan fingerprint density at radius 1 is 1.08 bits per heavy atom. The smallest absolute Gasteiger partial charge is 0.323 e. The number of nitrogens with two attached hydrogens (primary N) is 1. The molecule has 3 N–H and O–H groups in total. The number of rotatable bonds is 6. The number of phenols is 1. The topological polar surface area (TPSA) is 81.8 Å². The molecule has 0 saturated heterocycles. The van der Waals surface area contributed by atoms with E-state index in [0.717, 1.165) is 25.6 Å². The van der Waals surface area contributed by atoms with Gasteiger partial charge in [0.1, 0.15) is 17.5 Å². The molecule has 5 nitrogen and oxygen atoms in total. The Balaban J connectivity index is 2.23.